The SMILES string of the molecule is C=C(C)c1cnc(N2CC(C)C(CCCCCCC)C2)s1. The van der Waals surface area contributed by atoms with Crippen molar-refractivity contribution in [2.75, 3.05) is 18.0 Å². The maximum atomic E-state index is 4.59. The molecule has 0 radical (unpaired) electrons. The largest absolute Gasteiger partial charge is 0.348 e. The van der Waals surface area contributed by atoms with Crippen molar-refractivity contribution in [1.82, 2.24) is 4.98 Å². The van der Waals surface area contributed by atoms with Crippen LogP contribution in [0.15, 0.2) is 12.8 Å². The summed E-state index contributed by atoms with van der Waals surface area (Å²) in [6.45, 7) is 13.1. The molecule has 2 rings (SSSR count). The van der Waals surface area contributed by atoms with Gasteiger partial charge < -0.3 is 4.90 Å². The van der Waals surface area contributed by atoms with Crippen molar-refractivity contribution in [3.8, 4) is 0 Å². The summed E-state index contributed by atoms with van der Waals surface area (Å²) in [6.07, 6.45) is 10.3. The maximum Gasteiger partial charge on any atom is 0.185 e. The number of hydrogen-bond donors (Lipinski definition) is 0. The minimum absolute atomic E-state index is 0.799. The Morgan fingerprint density at radius 2 is 2.10 bits per heavy atom. The topological polar surface area (TPSA) is 16.1 Å². The van der Waals surface area contributed by atoms with Gasteiger partial charge in [0.15, 0.2) is 5.13 Å². The third-order valence-corrected chi connectivity index (χ3v) is 5.85. The predicted molar refractivity (Wildman–Crippen MR) is 95.1 cm³/mol. The van der Waals surface area contributed by atoms with Crippen molar-refractivity contribution in [1.29, 1.82) is 0 Å². The minimum Gasteiger partial charge on any atom is -0.348 e. The molecule has 0 aromatic carbocycles. The second-order valence-corrected chi connectivity index (χ2v) is 7.64. The van der Waals surface area contributed by atoms with Gasteiger partial charge in [0, 0.05) is 19.3 Å². The summed E-state index contributed by atoms with van der Waals surface area (Å²) in [6, 6.07) is 0. The van der Waals surface area contributed by atoms with E-state index in [9.17, 15) is 0 Å². The Bertz CT molecular complexity index is 452. The standard InChI is InChI=1S/C18H30N2S/c1-5-6-7-8-9-10-16-13-20(12-15(16)4)18-19-11-17(21-18)14(2)3/h11,15-16H,2,5-10,12-13H2,1,3-4H3. The monoisotopic (exact) mass is 306 g/mol. The van der Waals surface area contributed by atoms with Gasteiger partial charge in [0.1, 0.15) is 0 Å². The molecule has 1 fully saturated rings. The lowest BCUT2D eigenvalue weighted by molar-refractivity contribution is 0.401. The summed E-state index contributed by atoms with van der Waals surface area (Å²) in [5.74, 6) is 1.65. The van der Waals surface area contributed by atoms with Crippen LogP contribution < -0.4 is 4.90 Å². The predicted octanol–water partition coefficient (Wildman–Crippen LogP) is 5.61. The van der Waals surface area contributed by atoms with Crippen LogP contribution in [-0.2, 0) is 0 Å². The van der Waals surface area contributed by atoms with Gasteiger partial charge in [0.2, 0.25) is 0 Å². The van der Waals surface area contributed by atoms with Crippen molar-refractivity contribution in [3.63, 3.8) is 0 Å². The molecule has 0 N–H and O–H groups in total. The Kier molecular flexibility index (Phi) is 6.28. The molecule has 0 amide bonds. The van der Waals surface area contributed by atoms with Gasteiger partial charge in [-0.05, 0) is 30.8 Å². The number of hydrogen-bond acceptors (Lipinski definition) is 3. The summed E-state index contributed by atoms with van der Waals surface area (Å²) in [5, 5.41) is 1.19. The first-order valence-electron chi connectivity index (χ1n) is 8.48. The molecule has 3 heteroatoms. The average Bonchev–Trinajstić information content (AvgIpc) is 3.06. The molecule has 118 valence electrons. The molecule has 0 spiro atoms. The highest BCUT2D eigenvalue weighted by molar-refractivity contribution is 7.16. The van der Waals surface area contributed by atoms with E-state index in [0.29, 0.717) is 0 Å². The van der Waals surface area contributed by atoms with Crippen LogP contribution in [0, 0.1) is 11.8 Å². The van der Waals surface area contributed by atoms with Gasteiger partial charge in [-0.25, -0.2) is 4.98 Å². The van der Waals surface area contributed by atoms with Gasteiger partial charge in [-0.3, -0.25) is 0 Å². The lowest BCUT2D eigenvalue weighted by atomic mass is 9.92. The highest BCUT2D eigenvalue weighted by atomic mass is 32.1. The third-order valence-electron chi connectivity index (χ3n) is 4.63. The number of thiazole rings is 1. The van der Waals surface area contributed by atoms with Crippen LogP contribution in [0.4, 0.5) is 5.13 Å². The molecule has 1 aromatic heterocycles. The highest BCUT2D eigenvalue weighted by Gasteiger charge is 2.30. The summed E-state index contributed by atoms with van der Waals surface area (Å²) >= 11 is 1.79. The molecule has 1 saturated heterocycles. The highest BCUT2D eigenvalue weighted by Crippen LogP contribution is 2.34. The molecule has 2 nitrogen and oxygen atoms in total. The first-order valence-corrected chi connectivity index (χ1v) is 9.30. The first kappa shape index (κ1) is 16.5. The van der Waals surface area contributed by atoms with E-state index in [-0.39, 0.29) is 0 Å². The zero-order valence-corrected chi connectivity index (χ0v) is 14.7. The van der Waals surface area contributed by atoms with Crippen molar-refractivity contribution in [2.45, 2.75) is 59.3 Å². The number of anilines is 1. The Morgan fingerprint density at radius 3 is 2.76 bits per heavy atom. The summed E-state index contributed by atoms with van der Waals surface area (Å²) in [7, 11) is 0. The zero-order chi connectivity index (χ0) is 15.2. The van der Waals surface area contributed by atoms with Crippen molar-refractivity contribution in [3.05, 3.63) is 17.7 Å². The molecule has 0 aliphatic carbocycles. The molecule has 2 unspecified atom stereocenters. The summed E-state index contributed by atoms with van der Waals surface area (Å²) in [4.78, 5) is 8.30. The Balaban J connectivity index is 1.81. The van der Waals surface area contributed by atoms with Gasteiger partial charge in [0.05, 0.1) is 4.88 Å². The molecule has 0 saturated carbocycles. The van der Waals surface area contributed by atoms with Gasteiger partial charge in [0.25, 0.3) is 0 Å². The number of rotatable bonds is 8. The van der Waals surface area contributed by atoms with Crippen LogP contribution in [0.25, 0.3) is 5.57 Å². The molecule has 21 heavy (non-hydrogen) atoms. The molecular weight excluding hydrogens is 276 g/mol. The van der Waals surface area contributed by atoms with E-state index in [0.717, 1.165) is 17.4 Å². The van der Waals surface area contributed by atoms with E-state index < -0.39 is 0 Å². The molecule has 2 atom stereocenters. The number of unbranched alkanes of at least 4 members (excludes halogenated alkanes) is 4. The van der Waals surface area contributed by atoms with Gasteiger partial charge in [-0.15, -0.1) is 0 Å². The lowest BCUT2D eigenvalue weighted by Gasteiger charge is -2.15. The summed E-state index contributed by atoms with van der Waals surface area (Å²) < 4.78 is 0. The second kappa shape index (κ2) is 7.98. The van der Waals surface area contributed by atoms with Crippen molar-refractivity contribution in [2.24, 2.45) is 11.8 Å². The van der Waals surface area contributed by atoms with Gasteiger partial charge >= 0.3 is 0 Å². The zero-order valence-electron chi connectivity index (χ0n) is 13.9. The van der Waals surface area contributed by atoms with Crippen LogP contribution in [0.1, 0.15) is 64.2 Å². The number of aromatic nitrogens is 1. The van der Waals surface area contributed by atoms with Crippen LogP contribution in [0.2, 0.25) is 0 Å². The van der Waals surface area contributed by atoms with Gasteiger partial charge in [-0.2, -0.15) is 0 Å². The van der Waals surface area contributed by atoms with E-state index in [1.807, 2.05) is 6.20 Å². The Labute approximate surface area is 134 Å². The van der Waals surface area contributed by atoms with E-state index in [1.54, 1.807) is 11.3 Å². The third kappa shape index (κ3) is 4.57. The molecule has 1 aliphatic heterocycles. The fraction of sp³-hybridized carbons (Fsp3) is 0.722. The second-order valence-electron chi connectivity index (χ2n) is 6.63. The molecule has 0 bridgehead atoms. The number of nitrogens with zero attached hydrogens (tertiary/aromatic N) is 2. The van der Waals surface area contributed by atoms with Crippen LogP contribution in [0.3, 0.4) is 0 Å². The summed E-state index contributed by atoms with van der Waals surface area (Å²) in [5.41, 5.74) is 1.12. The van der Waals surface area contributed by atoms with Crippen LogP contribution in [-0.4, -0.2) is 18.1 Å². The smallest absolute Gasteiger partial charge is 0.185 e. The maximum absolute atomic E-state index is 4.59. The normalized spacial score (nSPS) is 22.0. The Morgan fingerprint density at radius 1 is 1.33 bits per heavy atom. The lowest BCUT2D eigenvalue weighted by Crippen LogP contribution is -2.19. The fourth-order valence-corrected chi connectivity index (χ4v) is 4.04. The van der Waals surface area contributed by atoms with Crippen LogP contribution >= 0.6 is 11.3 Å². The minimum atomic E-state index is 0.799. The molecule has 1 aromatic rings. The molecular formula is C18H30N2S. The quantitative estimate of drug-likeness (QED) is 0.580. The number of allylic oxidation sites excluding steroid dienone is 1. The van der Waals surface area contributed by atoms with E-state index in [4.69, 9.17) is 0 Å². The van der Waals surface area contributed by atoms with E-state index in [1.165, 1.54) is 61.6 Å². The van der Waals surface area contributed by atoms with Crippen molar-refractivity contribution < 1.29 is 0 Å². The average molecular weight is 307 g/mol. The first-order chi connectivity index (χ1) is 10.1. The van der Waals surface area contributed by atoms with E-state index >= 15 is 0 Å². The van der Waals surface area contributed by atoms with E-state index in [2.05, 4.69) is 37.2 Å². The van der Waals surface area contributed by atoms with Crippen LogP contribution in [0.5, 0.6) is 0 Å². The molecule has 1 aliphatic rings. The Hall–Kier alpha value is -0.830. The fourth-order valence-electron chi connectivity index (χ4n) is 3.18. The van der Waals surface area contributed by atoms with Crippen molar-refractivity contribution >= 4 is 22.0 Å². The molecule has 2 heterocycles. The van der Waals surface area contributed by atoms with Gasteiger partial charge in [-0.1, -0.05) is 63.9 Å².